The lowest BCUT2D eigenvalue weighted by Gasteiger charge is -2.18. The van der Waals surface area contributed by atoms with Gasteiger partial charge in [-0.1, -0.05) is 18.2 Å². The van der Waals surface area contributed by atoms with Gasteiger partial charge in [0.2, 0.25) is 6.79 Å². The van der Waals surface area contributed by atoms with E-state index in [0.717, 1.165) is 22.6 Å². The van der Waals surface area contributed by atoms with Crippen LogP contribution in [0.1, 0.15) is 21.5 Å². The highest BCUT2D eigenvalue weighted by atomic mass is 16.7. The van der Waals surface area contributed by atoms with Crippen LogP contribution in [0.25, 0.3) is 0 Å². The average molecular weight is 313 g/mol. The number of fused-ring (bicyclic) bond motifs is 1. The van der Waals surface area contributed by atoms with Crippen molar-refractivity contribution in [1.82, 2.24) is 4.90 Å². The zero-order valence-corrected chi connectivity index (χ0v) is 13.2. The summed E-state index contributed by atoms with van der Waals surface area (Å²) >= 11 is 0. The molecule has 0 atom stereocenters. The molecule has 1 heterocycles. The van der Waals surface area contributed by atoms with Crippen molar-refractivity contribution in [1.29, 1.82) is 0 Å². The van der Waals surface area contributed by atoms with Gasteiger partial charge in [-0.05, 0) is 35.4 Å². The molecule has 2 aromatic rings. The molecule has 0 fully saturated rings. The predicted octanol–water partition coefficient (Wildman–Crippen LogP) is 2.83. The maximum atomic E-state index is 12.6. The number of hydrogen-bond donors (Lipinski definition) is 0. The van der Waals surface area contributed by atoms with Gasteiger partial charge in [-0.3, -0.25) is 4.79 Å². The quantitative estimate of drug-likeness (QED) is 0.851. The second-order valence-electron chi connectivity index (χ2n) is 5.48. The molecule has 0 saturated carbocycles. The Kier molecular flexibility index (Phi) is 4.48. The second kappa shape index (κ2) is 6.71. The van der Waals surface area contributed by atoms with E-state index in [1.54, 1.807) is 19.1 Å². The lowest BCUT2D eigenvalue weighted by atomic mass is 10.1. The van der Waals surface area contributed by atoms with Gasteiger partial charge < -0.3 is 19.1 Å². The van der Waals surface area contributed by atoms with Crippen LogP contribution >= 0.6 is 0 Å². The van der Waals surface area contributed by atoms with E-state index in [0.29, 0.717) is 18.7 Å². The Labute approximate surface area is 135 Å². The number of amides is 1. The molecule has 1 amide bonds. The highest BCUT2D eigenvalue weighted by Crippen LogP contribution is 2.32. The van der Waals surface area contributed by atoms with Gasteiger partial charge in [0.25, 0.3) is 5.91 Å². The number of rotatable bonds is 5. The van der Waals surface area contributed by atoms with Crippen LogP contribution < -0.4 is 9.47 Å². The van der Waals surface area contributed by atoms with Crippen molar-refractivity contribution in [3.05, 3.63) is 59.2 Å². The zero-order chi connectivity index (χ0) is 16.2. The maximum Gasteiger partial charge on any atom is 0.253 e. The van der Waals surface area contributed by atoms with Gasteiger partial charge in [0, 0.05) is 26.3 Å². The third-order valence-corrected chi connectivity index (χ3v) is 3.69. The first kappa shape index (κ1) is 15.4. The zero-order valence-electron chi connectivity index (χ0n) is 13.2. The summed E-state index contributed by atoms with van der Waals surface area (Å²) in [5.41, 5.74) is 2.63. The van der Waals surface area contributed by atoms with Gasteiger partial charge in [0.15, 0.2) is 11.5 Å². The normalized spacial score (nSPS) is 12.3. The first-order chi connectivity index (χ1) is 11.2. The van der Waals surface area contributed by atoms with Crippen LogP contribution in [-0.4, -0.2) is 31.8 Å². The summed E-state index contributed by atoms with van der Waals surface area (Å²) in [6, 6.07) is 13.2. The van der Waals surface area contributed by atoms with Crippen LogP contribution in [0.4, 0.5) is 0 Å². The first-order valence-corrected chi connectivity index (χ1v) is 7.39. The van der Waals surface area contributed by atoms with Crippen LogP contribution in [0.5, 0.6) is 11.5 Å². The summed E-state index contributed by atoms with van der Waals surface area (Å²) in [4.78, 5) is 14.3. The van der Waals surface area contributed by atoms with Gasteiger partial charge in [0.1, 0.15) is 0 Å². The summed E-state index contributed by atoms with van der Waals surface area (Å²) in [7, 11) is 3.43. The minimum absolute atomic E-state index is 0.0272. The number of benzene rings is 2. The molecule has 120 valence electrons. The Morgan fingerprint density at radius 1 is 1.13 bits per heavy atom. The summed E-state index contributed by atoms with van der Waals surface area (Å²) in [6.07, 6.45) is 0. The molecule has 0 spiro atoms. The molecule has 1 aliphatic heterocycles. The van der Waals surface area contributed by atoms with Gasteiger partial charge in [0.05, 0.1) is 6.61 Å². The van der Waals surface area contributed by atoms with Gasteiger partial charge in [-0.25, -0.2) is 0 Å². The number of nitrogens with zero attached hydrogens (tertiary/aromatic N) is 1. The Hall–Kier alpha value is -2.53. The van der Waals surface area contributed by atoms with Gasteiger partial charge in [-0.2, -0.15) is 0 Å². The van der Waals surface area contributed by atoms with Crippen molar-refractivity contribution >= 4 is 5.91 Å². The predicted molar refractivity (Wildman–Crippen MR) is 85.5 cm³/mol. The van der Waals surface area contributed by atoms with Crippen molar-refractivity contribution in [2.45, 2.75) is 13.2 Å². The Morgan fingerprint density at radius 2 is 1.96 bits per heavy atom. The Bertz CT molecular complexity index is 714. The lowest BCUT2D eigenvalue weighted by Crippen LogP contribution is -2.26. The molecular weight excluding hydrogens is 294 g/mol. The molecular formula is C18H19NO4. The fourth-order valence-corrected chi connectivity index (χ4v) is 2.57. The monoisotopic (exact) mass is 313 g/mol. The van der Waals surface area contributed by atoms with Crippen molar-refractivity contribution in [2.24, 2.45) is 0 Å². The van der Waals surface area contributed by atoms with E-state index < -0.39 is 0 Å². The van der Waals surface area contributed by atoms with Crippen molar-refractivity contribution in [3.63, 3.8) is 0 Å². The summed E-state index contributed by atoms with van der Waals surface area (Å²) in [5, 5.41) is 0. The third-order valence-electron chi connectivity index (χ3n) is 3.69. The highest BCUT2D eigenvalue weighted by Gasteiger charge is 2.16. The molecule has 0 bridgehead atoms. The highest BCUT2D eigenvalue weighted by molar-refractivity contribution is 5.94. The summed E-state index contributed by atoms with van der Waals surface area (Å²) in [5.74, 6) is 1.45. The summed E-state index contributed by atoms with van der Waals surface area (Å²) in [6.45, 7) is 1.25. The number of methoxy groups -OCH3 is 1. The Morgan fingerprint density at radius 3 is 2.78 bits per heavy atom. The van der Waals surface area contributed by atoms with Crippen LogP contribution in [0.15, 0.2) is 42.5 Å². The van der Waals surface area contributed by atoms with Crippen molar-refractivity contribution in [3.8, 4) is 11.5 Å². The van der Waals surface area contributed by atoms with Crippen LogP contribution in [0, 0.1) is 0 Å². The van der Waals surface area contributed by atoms with Gasteiger partial charge >= 0.3 is 0 Å². The fourth-order valence-electron chi connectivity index (χ4n) is 2.57. The van der Waals surface area contributed by atoms with E-state index >= 15 is 0 Å². The standard InChI is InChI=1S/C18H19NO4/c1-19(10-13-6-7-16-17(9-13)23-12-22-16)18(20)15-5-3-4-14(8-15)11-21-2/h3-9H,10-12H2,1-2H3. The van der Waals surface area contributed by atoms with E-state index in [-0.39, 0.29) is 12.7 Å². The number of carbonyl (C=O) groups excluding carboxylic acids is 1. The van der Waals surface area contributed by atoms with E-state index in [1.807, 2.05) is 42.5 Å². The van der Waals surface area contributed by atoms with Gasteiger partial charge in [-0.15, -0.1) is 0 Å². The molecule has 0 aromatic heterocycles. The summed E-state index contributed by atoms with van der Waals surface area (Å²) < 4.78 is 15.8. The minimum atomic E-state index is -0.0272. The topological polar surface area (TPSA) is 48.0 Å². The molecule has 23 heavy (non-hydrogen) atoms. The number of ether oxygens (including phenoxy) is 3. The lowest BCUT2D eigenvalue weighted by molar-refractivity contribution is 0.0784. The minimum Gasteiger partial charge on any atom is -0.454 e. The third kappa shape index (κ3) is 3.46. The van der Waals surface area contributed by atoms with E-state index in [1.165, 1.54) is 0 Å². The maximum absolute atomic E-state index is 12.6. The van der Waals surface area contributed by atoms with Crippen molar-refractivity contribution < 1.29 is 19.0 Å². The average Bonchev–Trinajstić information content (AvgIpc) is 3.02. The molecule has 2 aromatic carbocycles. The van der Waals surface area contributed by atoms with Crippen molar-refractivity contribution in [2.75, 3.05) is 21.0 Å². The molecule has 0 saturated heterocycles. The molecule has 3 rings (SSSR count). The number of carbonyl (C=O) groups is 1. The molecule has 0 unspecified atom stereocenters. The molecule has 0 radical (unpaired) electrons. The second-order valence-corrected chi connectivity index (χ2v) is 5.48. The molecule has 5 heteroatoms. The molecule has 0 N–H and O–H groups in total. The number of hydrogen-bond acceptors (Lipinski definition) is 4. The molecule has 1 aliphatic rings. The molecule has 5 nitrogen and oxygen atoms in total. The Balaban J connectivity index is 1.71. The van der Waals surface area contributed by atoms with Crippen LogP contribution in [0.2, 0.25) is 0 Å². The smallest absolute Gasteiger partial charge is 0.253 e. The fraction of sp³-hybridized carbons (Fsp3) is 0.278. The van der Waals surface area contributed by atoms with Crippen LogP contribution in [0.3, 0.4) is 0 Å². The largest absolute Gasteiger partial charge is 0.454 e. The van der Waals surface area contributed by atoms with E-state index in [4.69, 9.17) is 14.2 Å². The SMILES string of the molecule is COCc1cccc(C(=O)N(C)Cc2ccc3c(c2)OCO3)c1. The van der Waals surface area contributed by atoms with E-state index in [9.17, 15) is 4.79 Å². The van der Waals surface area contributed by atoms with E-state index in [2.05, 4.69) is 0 Å². The van der Waals surface area contributed by atoms with Crippen LogP contribution in [-0.2, 0) is 17.9 Å². The molecule has 0 aliphatic carbocycles. The first-order valence-electron chi connectivity index (χ1n) is 7.39.